The highest BCUT2D eigenvalue weighted by molar-refractivity contribution is 5.35. The minimum absolute atomic E-state index is 0.423. The van der Waals surface area contributed by atoms with E-state index in [-0.39, 0.29) is 0 Å². The molecule has 0 heterocycles. The summed E-state index contributed by atoms with van der Waals surface area (Å²) in [5, 5.41) is 0. The highest BCUT2D eigenvalue weighted by atomic mass is 14.7. The Hall–Kier alpha value is -0.820. The Labute approximate surface area is 73.6 Å². The van der Waals surface area contributed by atoms with E-state index in [0.29, 0.717) is 12.0 Å². The first-order valence-electron chi connectivity index (χ1n) is 4.51. The number of rotatable bonds is 1. The molecule has 1 aliphatic rings. The molecule has 1 saturated carbocycles. The fourth-order valence-electron chi connectivity index (χ4n) is 1.59. The van der Waals surface area contributed by atoms with Gasteiger partial charge >= 0.3 is 0 Å². The molecule has 1 aromatic carbocycles. The summed E-state index contributed by atoms with van der Waals surface area (Å²) in [6, 6.07) is 7.09. The van der Waals surface area contributed by atoms with Crippen LogP contribution >= 0.6 is 0 Å². The van der Waals surface area contributed by atoms with Gasteiger partial charge in [-0.1, -0.05) is 18.2 Å². The molecular weight excluding hydrogens is 146 g/mol. The number of nitrogens with two attached hydrogens (primary N) is 1. The molecule has 0 radical (unpaired) electrons. The Morgan fingerprint density at radius 3 is 2.42 bits per heavy atom. The Morgan fingerprint density at radius 1 is 1.25 bits per heavy atom. The quantitative estimate of drug-likeness (QED) is 0.670. The summed E-state index contributed by atoms with van der Waals surface area (Å²) >= 11 is 0. The van der Waals surface area contributed by atoms with E-state index in [2.05, 4.69) is 32.0 Å². The van der Waals surface area contributed by atoms with Gasteiger partial charge in [0.05, 0.1) is 0 Å². The molecule has 2 rings (SSSR count). The summed E-state index contributed by atoms with van der Waals surface area (Å²) in [7, 11) is 0. The molecule has 64 valence electrons. The van der Waals surface area contributed by atoms with Crippen LogP contribution in [-0.2, 0) is 0 Å². The van der Waals surface area contributed by atoms with Crippen molar-refractivity contribution < 1.29 is 0 Å². The molecule has 12 heavy (non-hydrogen) atoms. The molecular formula is C11H15N. The summed E-state index contributed by atoms with van der Waals surface area (Å²) in [6.45, 7) is 4.30. The predicted octanol–water partition coefficient (Wildman–Crippen LogP) is 2.12. The maximum atomic E-state index is 5.79. The lowest BCUT2D eigenvalue weighted by Gasteiger charge is -2.03. The second-order valence-electron chi connectivity index (χ2n) is 3.85. The largest absolute Gasteiger partial charge is 0.327 e. The predicted molar refractivity (Wildman–Crippen MR) is 51.2 cm³/mol. The summed E-state index contributed by atoms with van der Waals surface area (Å²) in [5.41, 5.74) is 9.96. The van der Waals surface area contributed by atoms with Gasteiger partial charge in [0.2, 0.25) is 0 Å². The molecule has 0 saturated heterocycles. The average Bonchev–Trinajstić information content (AvgIpc) is 2.73. The van der Waals surface area contributed by atoms with Crippen LogP contribution in [0.15, 0.2) is 18.2 Å². The van der Waals surface area contributed by atoms with E-state index in [1.165, 1.54) is 23.1 Å². The summed E-state index contributed by atoms with van der Waals surface area (Å²) < 4.78 is 0. The van der Waals surface area contributed by atoms with Gasteiger partial charge in [-0.3, -0.25) is 0 Å². The van der Waals surface area contributed by atoms with E-state index in [1.807, 2.05) is 0 Å². The number of aryl methyl sites for hydroxylation is 2. The maximum Gasteiger partial charge on any atom is 0.0115 e. The van der Waals surface area contributed by atoms with Gasteiger partial charge < -0.3 is 5.73 Å². The third-order valence-corrected chi connectivity index (χ3v) is 2.80. The third kappa shape index (κ3) is 1.25. The molecule has 0 aromatic heterocycles. The molecule has 0 unspecified atom stereocenters. The van der Waals surface area contributed by atoms with Crippen LogP contribution in [0.4, 0.5) is 0 Å². The summed E-state index contributed by atoms with van der Waals surface area (Å²) in [5.74, 6) is 0.643. The number of benzene rings is 1. The van der Waals surface area contributed by atoms with Crippen molar-refractivity contribution in [2.45, 2.75) is 32.2 Å². The monoisotopic (exact) mass is 161 g/mol. The molecule has 2 atom stereocenters. The van der Waals surface area contributed by atoms with Gasteiger partial charge in [0.25, 0.3) is 0 Å². The molecule has 1 aliphatic carbocycles. The third-order valence-electron chi connectivity index (χ3n) is 2.80. The van der Waals surface area contributed by atoms with Crippen molar-refractivity contribution >= 4 is 0 Å². The summed E-state index contributed by atoms with van der Waals surface area (Å²) in [6.07, 6.45) is 1.17. The van der Waals surface area contributed by atoms with Crippen molar-refractivity contribution in [3.63, 3.8) is 0 Å². The molecule has 1 nitrogen and oxygen atoms in total. The van der Waals surface area contributed by atoms with Crippen molar-refractivity contribution in [1.29, 1.82) is 0 Å². The molecule has 0 aliphatic heterocycles. The zero-order valence-corrected chi connectivity index (χ0v) is 7.67. The SMILES string of the molecule is Cc1ccc([C@H]2C[C@@H]2N)cc1C. The minimum Gasteiger partial charge on any atom is -0.327 e. The van der Waals surface area contributed by atoms with Gasteiger partial charge in [-0.2, -0.15) is 0 Å². The first kappa shape index (κ1) is 7.81. The van der Waals surface area contributed by atoms with Crippen molar-refractivity contribution in [1.82, 2.24) is 0 Å². The van der Waals surface area contributed by atoms with Gasteiger partial charge in [0.1, 0.15) is 0 Å². The van der Waals surface area contributed by atoms with Crippen molar-refractivity contribution in [2.24, 2.45) is 5.73 Å². The molecule has 1 fully saturated rings. The second kappa shape index (κ2) is 2.60. The van der Waals surface area contributed by atoms with Crippen LogP contribution in [0.3, 0.4) is 0 Å². The van der Waals surface area contributed by atoms with E-state index in [9.17, 15) is 0 Å². The zero-order valence-electron chi connectivity index (χ0n) is 7.67. The normalized spacial score (nSPS) is 27.2. The maximum absolute atomic E-state index is 5.79. The standard InChI is InChI=1S/C11H15N/c1-7-3-4-9(5-8(7)2)10-6-11(10)12/h3-5,10-11H,6,12H2,1-2H3/t10-,11+/m1/s1. The molecule has 0 amide bonds. The van der Waals surface area contributed by atoms with Crippen LogP contribution in [0.1, 0.15) is 29.0 Å². The van der Waals surface area contributed by atoms with Crippen molar-refractivity contribution in [3.8, 4) is 0 Å². The highest BCUT2D eigenvalue weighted by Crippen LogP contribution is 2.39. The molecule has 1 aromatic rings. The van der Waals surface area contributed by atoms with E-state index in [1.54, 1.807) is 0 Å². The Morgan fingerprint density at radius 2 is 1.92 bits per heavy atom. The van der Waals surface area contributed by atoms with E-state index >= 15 is 0 Å². The Balaban J connectivity index is 2.29. The van der Waals surface area contributed by atoms with Crippen LogP contribution in [-0.4, -0.2) is 6.04 Å². The van der Waals surface area contributed by atoms with E-state index < -0.39 is 0 Å². The Bertz CT molecular complexity index is 304. The topological polar surface area (TPSA) is 26.0 Å². The van der Waals surface area contributed by atoms with Gasteiger partial charge in [0.15, 0.2) is 0 Å². The van der Waals surface area contributed by atoms with Crippen LogP contribution in [0.25, 0.3) is 0 Å². The second-order valence-corrected chi connectivity index (χ2v) is 3.85. The van der Waals surface area contributed by atoms with Crippen LogP contribution in [0.2, 0.25) is 0 Å². The lowest BCUT2D eigenvalue weighted by molar-refractivity contribution is 0.987. The fourth-order valence-corrected chi connectivity index (χ4v) is 1.59. The van der Waals surface area contributed by atoms with Gasteiger partial charge in [-0.15, -0.1) is 0 Å². The van der Waals surface area contributed by atoms with Crippen LogP contribution < -0.4 is 5.73 Å². The minimum atomic E-state index is 0.423. The van der Waals surface area contributed by atoms with Crippen molar-refractivity contribution in [3.05, 3.63) is 34.9 Å². The number of hydrogen-bond acceptors (Lipinski definition) is 1. The smallest absolute Gasteiger partial charge is 0.0115 e. The first-order chi connectivity index (χ1) is 5.68. The molecule has 0 bridgehead atoms. The Kier molecular flexibility index (Phi) is 1.69. The van der Waals surface area contributed by atoms with E-state index in [4.69, 9.17) is 5.73 Å². The molecule has 1 heteroatoms. The highest BCUT2D eigenvalue weighted by Gasteiger charge is 2.34. The lowest BCUT2D eigenvalue weighted by atomic mass is 10.0. The van der Waals surface area contributed by atoms with Gasteiger partial charge in [0, 0.05) is 12.0 Å². The fraction of sp³-hybridized carbons (Fsp3) is 0.455. The van der Waals surface area contributed by atoms with Gasteiger partial charge in [-0.25, -0.2) is 0 Å². The zero-order chi connectivity index (χ0) is 8.72. The number of hydrogen-bond donors (Lipinski definition) is 1. The average molecular weight is 161 g/mol. The molecule has 2 N–H and O–H groups in total. The lowest BCUT2D eigenvalue weighted by Crippen LogP contribution is -2.01. The van der Waals surface area contributed by atoms with Crippen LogP contribution in [0, 0.1) is 13.8 Å². The van der Waals surface area contributed by atoms with E-state index in [0.717, 1.165) is 0 Å². The first-order valence-corrected chi connectivity index (χ1v) is 4.51. The van der Waals surface area contributed by atoms with Crippen molar-refractivity contribution in [2.75, 3.05) is 0 Å². The van der Waals surface area contributed by atoms with Crippen LogP contribution in [0.5, 0.6) is 0 Å². The van der Waals surface area contributed by atoms with Gasteiger partial charge in [-0.05, 0) is 37.0 Å². The summed E-state index contributed by atoms with van der Waals surface area (Å²) in [4.78, 5) is 0. The molecule has 0 spiro atoms.